The minimum absolute atomic E-state index is 0.0816. The Morgan fingerprint density at radius 3 is 1.88 bits per heavy atom. The molecule has 4 N–H and O–H groups in total. The van der Waals surface area contributed by atoms with E-state index in [0.717, 1.165) is 12.1 Å². The van der Waals surface area contributed by atoms with Gasteiger partial charge in [0.15, 0.2) is 17.5 Å². The molecule has 0 aliphatic heterocycles. The number of pyridine rings is 1. The summed E-state index contributed by atoms with van der Waals surface area (Å²) in [6.07, 6.45) is -4.49. The van der Waals surface area contributed by atoms with E-state index in [-0.39, 0.29) is 11.4 Å². The zero-order valence-corrected chi connectivity index (χ0v) is 24.3. The Bertz CT molecular complexity index is 1330. The van der Waals surface area contributed by atoms with E-state index in [9.17, 15) is 27.1 Å². The van der Waals surface area contributed by atoms with E-state index < -0.39 is 56.4 Å². The number of nitrogens with zero attached hydrogens (tertiary/aromatic N) is 1. The fourth-order valence-corrected chi connectivity index (χ4v) is 4.84. The Morgan fingerprint density at radius 1 is 0.875 bits per heavy atom. The maximum absolute atomic E-state index is 15.4. The van der Waals surface area contributed by atoms with E-state index in [1.165, 1.54) is 12.1 Å². The minimum atomic E-state index is -4.49. The number of alkyl halides is 3. The lowest BCUT2D eigenvalue weighted by Gasteiger charge is -2.28. The number of halogens is 6. The Kier molecular flexibility index (Phi) is 9.22. The molecule has 0 fully saturated rings. The third-order valence-electron chi connectivity index (χ3n) is 5.76. The molecule has 218 valence electrons. The maximum Gasteiger partial charge on any atom is 0.416 e. The smallest absolute Gasteiger partial charge is 0.416 e. The molecule has 13 heteroatoms. The molecule has 0 bridgehead atoms. The molecule has 1 unspecified atom stereocenters. The van der Waals surface area contributed by atoms with Gasteiger partial charge in [-0.25, -0.2) is 14.2 Å². The molecule has 2 aromatic carbocycles. The monoisotopic (exact) mass is 604 g/mol. The van der Waals surface area contributed by atoms with Gasteiger partial charge in [-0.15, -0.1) is 12.6 Å². The van der Waals surface area contributed by atoms with E-state index in [1.807, 2.05) is 41.5 Å². The molecular formula is C27H30F6N4OS2. The summed E-state index contributed by atoms with van der Waals surface area (Å²) in [6.45, 7) is 11.3. The molecule has 0 radical (unpaired) electrons. The number of phenols is 1. The number of aromatic nitrogens is 1. The van der Waals surface area contributed by atoms with E-state index in [2.05, 4.69) is 33.8 Å². The van der Waals surface area contributed by atoms with Crippen LogP contribution in [-0.4, -0.2) is 15.6 Å². The lowest BCUT2D eigenvalue weighted by atomic mass is 9.79. The lowest BCUT2D eigenvalue weighted by Crippen LogP contribution is -2.36. The molecule has 0 amide bonds. The first-order chi connectivity index (χ1) is 18.3. The van der Waals surface area contributed by atoms with Crippen molar-refractivity contribution in [3.8, 4) is 5.75 Å². The molecule has 1 aromatic heterocycles. The van der Waals surface area contributed by atoms with Gasteiger partial charge in [-0.2, -0.15) is 22.5 Å². The number of benzene rings is 2. The number of nitrogens with one attached hydrogen (secondary N) is 3. The summed E-state index contributed by atoms with van der Waals surface area (Å²) in [5.41, 5.74) is 3.35. The zero-order valence-electron chi connectivity index (χ0n) is 22.6. The van der Waals surface area contributed by atoms with Crippen molar-refractivity contribution in [2.45, 2.75) is 73.8 Å². The van der Waals surface area contributed by atoms with Crippen LogP contribution in [-0.2, 0) is 17.0 Å². The summed E-state index contributed by atoms with van der Waals surface area (Å²) in [4.78, 5) is 3.01. The third kappa shape index (κ3) is 7.49. The molecule has 0 aliphatic carbocycles. The average Bonchev–Trinajstić information content (AvgIpc) is 2.82. The molecule has 0 saturated carbocycles. The van der Waals surface area contributed by atoms with Crippen LogP contribution in [0.25, 0.3) is 0 Å². The van der Waals surface area contributed by atoms with Crippen LogP contribution in [0.1, 0.15) is 58.2 Å². The summed E-state index contributed by atoms with van der Waals surface area (Å²) in [5.74, 6) is -4.81. The summed E-state index contributed by atoms with van der Waals surface area (Å²) < 4.78 is 82.8. The van der Waals surface area contributed by atoms with Gasteiger partial charge in [0.25, 0.3) is 5.95 Å². The Labute approximate surface area is 238 Å². The van der Waals surface area contributed by atoms with Crippen LogP contribution in [0.15, 0.2) is 46.2 Å². The summed E-state index contributed by atoms with van der Waals surface area (Å²) in [5, 5.41) is 13.6. The van der Waals surface area contributed by atoms with Crippen LogP contribution < -0.4 is 16.2 Å². The Balaban J connectivity index is 1.86. The number of hydrogen-bond acceptors (Lipinski definition) is 7. The van der Waals surface area contributed by atoms with E-state index in [0.29, 0.717) is 27.8 Å². The van der Waals surface area contributed by atoms with Crippen molar-refractivity contribution in [2.24, 2.45) is 0 Å². The number of phenolic OH excluding ortho intramolecular Hbond substituents is 1. The van der Waals surface area contributed by atoms with Crippen molar-refractivity contribution >= 4 is 35.9 Å². The number of thiol groups is 1. The van der Waals surface area contributed by atoms with Gasteiger partial charge in [-0.3, -0.25) is 0 Å². The second-order valence-electron chi connectivity index (χ2n) is 11.1. The Hall–Kier alpha value is -2.77. The molecule has 3 rings (SSSR count). The summed E-state index contributed by atoms with van der Waals surface area (Å²) >= 11 is 4.82. The average molecular weight is 605 g/mol. The van der Waals surface area contributed by atoms with E-state index in [4.69, 9.17) is 0 Å². The van der Waals surface area contributed by atoms with Crippen molar-refractivity contribution in [3.63, 3.8) is 0 Å². The van der Waals surface area contributed by atoms with Gasteiger partial charge in [-0.05, 0) is 47.2 Å². The third-order valence-corrected chi connectivity index (χ3v) is 7.05. The maximum atomic E-state index is 15.4. The molecule has 5 nitrogen and oxygen atoms in total. The molecule has 0 aliphatic rings. The second kappa shape index (κ2) is 11.6. The quantitative estimate of drug-likeness (QED) is 0.0616. The van der Waals surface area contributed by atoms with E-state index in [1.54, 1.807) is 12.1 Å². The number of anilines is 2. The van der Waals surface area contributed by atoms with Gasteiger partial charge in [0, 0.05) is 21.7 Å². The van der Waals surface area contributed by atoms with Gasteiger partial charge >= 0.3 is 6.18 Å². The topological polar surface area (TPSA) is 69.2 Å². The van der Waals surface area contributed by atoms with Crippen LogP contribution in [0.5, 0.6) is 5.75 Å². The number of hydrogen-bond donors (Lipinski definition) is 5. The second-order valence-corrected chi connectivity index (χ2v) is 12.7. The lowest BCUT2D eigenvalue weighted by molar-refractivity contribution is -0.137. The number of aromatic hydroxyl groups is 1. The molecule has 3 aromatic rings. The Morgan fingerprint density at radius 2 is 1.40 bits per heavy atom. The highest BCUT2D eigenvalue weighted by molar-refractivity contribution is 7.99. The van der Waals surface area contributed by atoms with Crippen molar-refractivity contribution < 1.29 is 31.4 Å². The van der Waals surface area contributed by atoms with Crippen LogP contribution >= 0.6 is 24.4 Å². The van der Waals surface area contributed by atoms with Gasteiger partial charge in [0.05, 0.1) is 10.5 Å². The minimum Gasteiger partial charge on any atom is -0.507 e. The predicted molar refractivity (Wildman–Crippen MR) is 148 cm³/mol. The zero-order chi connectivity index (χ0) is 30.2. The van der Waals surface area contributed by atoms with Gasteiger partial charge in [-0.1, -0.05) is 53.3 Å². The summed E-state index contributed by atoms with van der Waals surface area (Å²) in [6, 6.07) is 7.30. The van der Waals surface area contributed by atoms with Crippen LogP contribution in [0.3, 0.4) is 0 Å². The number of hydrazine groups is 1. The molecule has 0 spiro atoms. The first kappa shape index (κ1) is 31.8. The van der Waals surface area contributed by atoms with Crippen molar-refractivity contribution in [2.75, 3.05) is 10.7 Å². The molecule has 1 heterocycles. The normalized spacial score (nSPS) is 13.3. The highest BCUT2D eigenvalue weighted by Crippen LogP contribution is 2.44. The van der Waals surface area contributed by atoms with Crippen molar-refractivity contribution in [1.29, 1.82) is 0 Å². The van der Waals surface area contributed by atoms with Crippen LogP contribution in [0, 0.1) is 17.6 Å². The standard InChI is InChI=1S/C27H30F6N4OS2/c1-25(2,3)16-11-15(12-17(20(16)38)26(4,5)6)40-21-18(28)22(30)35-23(19(21)29)36-37-24(39)34-14-9-7-13(8-10-14)27(31,32)33/h7-12,24,34,37-39H,1-6H3,(H,35,36). The molecular weight excluding hydrogens is 574 g/mol. The highest BCUT2D eigenvalue weighted by atomic mass is 32.2. The summed E-state index contributed by atoms with van der Waals surface area (Å²) in [7, 11) is 0. The van der Waals surface area contributed by atoms with Crippen molar-refractivity contribution in [3.05, 3.63) is 70.7 Å². The molecule has 1 atom stereocenters. The first-order valence-corrected chi connectivity index (χ1v) is 13.4. The predicted octanol–water partition coefficient (Wildman–Crippen LogP) is 8.21. The number of rotatable bonds is 7. The molecule has 40 heavy (non-hydrogen) atoms. The SMILES string of the molecule is CC(C)(C)c1cc(Sc2c(F)c(F)nc(NNC(S)Nc3ccc(C(F)(F)F)cc3)c2F)cc(C(C)(C)C)c1O. The van der Waals surface area contributed by atoms with Gasteiger partial charge in [0.2, 0.25) is 0 Å². The van der Waals surface area contributed by atoms with Crippen molar-refractivity contribution in [1.82, 2.24) is 10.4 Å². The van der Waals surface area contributed by atoms with E-state index >= 15 is 4.39 Å². The van der Waals surface area contributed by atoms with Gasteiger partial charge in [0.1, 0.15) is 11.2 Å². The molecule has 0 saturated heterocycles. The van der Waals surface area contributed by atoms with Crippen LogP contribution in [0.4, 0.5) is 37.8 Å². The van der Waals surface area contributed by atoms with Gasteiger partial charge < -0.3 is 15.8 Å². The highest BCUT2D eigenvalue weighted by Gasteiger charge is 2.30. The van der Waals surface area contributed by atoms with Crippen LogP contribution in [0.2, 0.25) is 0 Å². The first-order valence-electron chi connectivity index (χ1n) is 12.0. The fraction of sp³-hybridized carbons (Fsp3) is 0.370. The fourth-order valence-electron chi connectivity index (χ4n) is 3.68. The largest absolute Gasteiger partial charge is 0.507 e.